The monoisotopic (exact) mass is 251 g/mol. The molecule has 1 rings (SSSR count). The van der Waals surface area contributed by atoms with Gasteiger partial charge in [-0.2, -0.15) is 5.26 Å². The molecule has 0 spiro atoms. The van der Waals surface area contributed by atoms with Crippen LogP contribution in [0.25, 0.3) is 0 Å². The summed E-state index contributed by atoms with van der Waals surface area (Å²) in [5.41, 5.74) is 0.818. The van der Waals surface area contributed by atoms with Crippen LogP contribution in [0.15, 0.2) is 6.20 Å². The van der Waals surface area contributed by atoms with Crippen LogP contribution in [-0.2, 0) is 17.9 Å². The average molecular weight is 251 g/mol. The predicted molar refractivity (Wildman–Crippen MR) is 70.4 cm³/mol. The topological polar surface area (TPSA) is 50.8 Å². The first-order chi connectivity index (χ1) is 7.92. The van der Waals surface area contributed by atoms with Crippen molar-refractivity contribution in [3.63, 3.8) is 0 Å². The summed E-state index contributed by atoms with van der Waals surface area (Å²) in [5.74, 6) is 0.906. The number of aryl methyl sites for hydroxylation is 1. The van der Waals surface area contributed by atoms with Gasteiger partial charge in [0.1, 0.15) is 12.6 Å². The van der Waals surface area contributed by atoms with Crippen LogP contribution in [0.2, 0.25) is 25.7 Å². The Hall–Kier alpha value is -1.12. The number of nitrogens with zero attached hydrogens (tertiary/aromatic N) is 3. The maximum atomic E-state index is 8.60. The van der Waals surface area contributed by atoms with Gasteiger partial charge in [-0.05, 0) is 13.0 Å². The molecule has 0 aliphatic rings. The molecule has 0 aromatic carbocycles. The van der Waals surface area contributed by atoms with E-state index in [1.54, 1.807) is 0 Å². The molecule has 0 N–H and O–H groups in total. The Morgan fingerprint density at radius 3 is 2.76 bits per heavy atom. The molecule has 0 saturated carbocycles. The highest BCUT2D eigenvalue weighted by atomic mass is 28.3. The quantitative estimate of drug-likeness (QED) is 0.577. The molecule has 0 unspecified atom stereocenters. The first-order valence-electron chi connectivity index (χ1n) is 5.90. The fourth-order valence-electron chi connectivity index (χ4n) is 1.41. The highest BCUT2D eigenvalue weighted by Gasteiger charge is 2.12. The lowest BCUT2D eigenvalue weighted by Crippen LogP contribution is -2.22. The van der Waals surface area contributed by atoms with Gasteiger partial charge in [0, 0.05) is 20.9 Å². The lowest BCUT2D eigenvalue weighted by Gasteiger charge is -2.15. The minimum absolute atomic E-state index is 0.364. The van der Waals surface area contributed by atoms with Crippen molar-refractivity contribution in [3.05, 3.63) is 17.7 Å². The second kappa shape index (κ2) is 5.99. The van der Waals surface area contributed by atoms with E-state index in [1.807, 2.05) is 17.7 Å². The predicted octanol–water partition coefficient (Wildman–Crippen LogP) is 2.57. The molecule has 0 aliphatic carbocycles. The first-order valence-corrected chi connectivity index (χ1v) is 9.60. The van der Waals surface area contributed by atoms with Crippen LogP contribution < -0.4 is 0 Å². The molecule has 0 saturated heterocycles. The Morgan fingerprint density at radius 2 is 2.18 bits per heavy atom. The molecule has 0 atom stereocenters. The summed E-state index contributed by atoms with van der Waals surface area (Å²) in [6, 6.07) is 3.27. The third-order valence-corrected chi connectivity index (χ3v) is 4.22. The fourth-order valence-corrected chi connectivity index (χ4v) is 2.17. The smallest absolute Gasteiger partial charge is 0.123 e. The molecule has 17 heavy (non-hydrogen) atoms. The molecule has 1 aromatic heterocycles. The van der Waals surface area contributed by atoms with Crippen molar-refractivity contribution in [2.45, 2.75) is 45.8 Å². The van der Waals surface area contributed by atoms with E-state index in [-0.39, 0.29) is 0 Å². The average Bonchev–Trinajstić information content (AvgIpc) is 2.53. The zero-order chi connectivity index (χ0) is 12.9. The summed E-state index contributed by atoms with van der Waals surface area (Å²) < 4.78 is 7.60. The Balaban J connectivity index is 2.39. The number of imidazole rings is 1. The van der Waals surface area contributed by atoms with Crippen LogP contribution >= 0.6 is 0 Å². The SMILES string of the molecule is Cc1nc(CC#N)cn1COCC[Si](C)(C)C. The lowest BCUT2D eigenvalue weighted by molar-refractivity contribution is 0.0857. The van der Waals surface area contributed by atoms with Gasteiger partial charge in [0.25, 0.3) is 0 Å². The Labute approximate surface area is 104 Å². The molecule has 1 heterocycles. The van der Waals surface area contributed by atoms with Crippen molar-refractivity contribution in [3.8, 4) is 6.07 Å². The van der Waals surface area contributed by atoms with E-state index in [0.29, 0.717) is 13.2 Å². The van der Waals surface area contributed by atoms with E-state index in [1.165, 1.54) is 6.04 Å². The summed E-state index contributed by atoms with van der Waals surface area (Å²) in [4.78, 5) is 4.30. The lowest BCUT2D eigenvalue weighted by atomic mass is 10.4. The van der Waals surface area contributed by atoms with E-state index in [4.69, 9.17) is 10.00 Å². The van der Waals surface area contributed by atoms with Gasteiger partial charge in [-0.1, -0.05) is 19.6 Å². The van der Waals surface area contributed by atoms with Crippen LogP contribution in [0.4, 0.5) is 0 Å². The number of ether oxygens (including phenoxy) is 1. The van der Waals surface area contributed by atoms with Gasteiger partial charge >= 0.3 is 0 Å². The van der Waals surface area contributed by atoms with Crippen molar-refractivity contribution in [2.75, 3.05) is 6.61 Å². The number of rotatable bonds is 6. The molecule has 5 heteroatoms. The number of hydrogen-bond acceptors (Lipinski definition) is 3. The van der Waals surface area contributed by atoms with Gasteiger partial charge in [-0.15, -0.1) is 0 Å². The highest BCUT2D eigenvalue weighted by molar-refractivity contribution is 6.76. The summed E-state index contributed by atoms with van der Waals surface area (Å²) >= 11 is 0. The fraction of sp³-hybridized carbons (Fsp3) is 0.667. The van der Waals surface area contributed by atoms with Crippen molar-refractivity contribution in [1.82, 2.24) is 9.55 Å². The van der Waals surface area contributed by atoms with E-state index < -0.39 is 8.07 Å². The van der Waals surface area contributed by atoms with Gasteiger partial charge in [0.05, 0.1) is 18.2 Å². The van der Waals surface area contributed by atoms with Crippen molar-refractivity contribution in [1.29, 1.82) is 5.26 Å². The normalized spacial score (nSPS) is 11.5. The summed E-state index contributed by atoms with van der Waals surface area (Å²) in [7, 11) is -1.01. The third kappa shape index (κ3) is 5.15. The summed E-state index contributed by atoms with van der Waals surface area (Å²) in [6.45, 7) is 10.3. The maximum Gasteiger partial charge on any atom is 0.123 e. The van der Waals surface area contributed by atoms with Crippen LogP contribution in [0.5, 0.6) is 0 Å². The molecular weight excluding hydrogens is 230 g/mol. The van der Waals surface area contributed by atoms with Gasteiger partial charge in [-0.3, -0.25) is 0 Å². The molecule has 0 bridgehead atoms. The van der Waals surface area contributed by atoms with Crippen molar-refractivity contribution < 1.29 is 4.74 Å². The number of nitriles is 1. The first kappa shape index (κ1) is 13.9. The highest BCUT2D eigenvalue weighted by Crippen LogP contribution is 2.09. The van der Waals surface area contributed by atoms with Crippen LogP contribution in [0, 0.1) is 18.3 Å². The van der Waals surface area contributed by atoms with E-state index in [0.717, 1.165) is 18.1 Å². The largest absolute Gasteiger partial charge is 0.361 e. The van der Waals surface area contributed by atoms with E-state index in [9.17, 15) is 0 Å². The standard InChI is InChI=1S/C12H21N3OSi/c1-11-14-12(5-6-13)9-15(11)10-16-7-8-17(2,3)4/h9H,5,7-8,10H2,1-4H3. The molecule has 4 nitrogen and oxygen atoms in total. The van der Waals surface area contributed by atoms with Crippen LogP contribution in [0.1, 0.15) is 11.5 Å². The molecule has 0 fully saturated rings. The van der Waals surface area contributed by atoms with Crippen LogP contribution in [0.3, 0.4) is 0 Å². The summed E-state index contributed by atoms with van der Waals surface area (Å²) in [6.07, 6.45) is 2.26. The van der Waals surface area contributed by atoms with Gasteiger partial charge in [-0.25, -0.2) is 4.98 Å². The zero-order valence-corrected chi connectivity index (χ0v) is 12.2. The Bertz CT molecular complexity index is 401. The number of hydrogen-bond donors (Lipinski definition) is 0. The van der Waals surface area contributed by atoms with E-state index in [2.05, 4.69) is 30.7 Å². The third-order valence-electron chi connectivity index (χ3n) is 2.51. The second-order valence-electron chi connectivity index (χ2n) is 5.43. The molecule has 1 aromatic rings. The zero-order valence-electron chi connectivity index (χ0n) is 11.2. The van der Waals surface area contributed by atoms with Gasteiger partial charge in [0.2, 0.25) is 0 Å². The molecule has 0 radical (unpaired) electrons. The Kier molecular flexibility index (Phi) is 4.91. The van der Waals surface area contributed by atoms with Crippen LogP contribution in [-0.4, -0.2) is 24.2 Å². The minimum Gasteiger partial charge on any atom is -0.361 e. The molecular formula is C12H21N3OSi. The van der Waals surface area contributed by atoms with Crippen molar-refractivity contribution in [2.24, 2.45) is 0 Å². The molecule has 0 aliphatic heterocycles. The second-order valence-corrected chi connectivity index (χ2v) is 11.1. The molecule has 94 valence electrons. The van der Waals surface area contributed by atoms with Gasteiger partial charge < -0.3 is 9.30 Å². The Morgan fingerprint density at radius 1 is 1.47 bits per heavy atom. The van der Waals surface area contributed by atoms with Crippen molar-refractivity contribution >= 4 is 8.07 Å². The minimum atomic E-state index is -1.01. The molecule has 0 amide bonds. The summed E-state index contributed by atoms with van der Waals surface area (Å²) in [5, 5.41) is 8.60. The maximum absolute atomic E-state index is 8.60. The van der Waals surface area contributed by atoms with E-state index >= 15 is 0 Å². The van der Waals surface area contributed by atoms with Gasteiger partial charge in [0.15, 0.2) is 0 Å². The number of aromatic nitrogens is 2.